The van der Waals surface area contributed by atoms with E-state index >= 15 is 0 Å². The summed E-state index contributed by atoms with van der Waals surface area (Å²) in [4.78, 5) is 23.0. The molecule has 0 spiro atoms. The minimum absolute atomic E-state index is 0.162. The van der Waals surface area contributed by atoms with E-state index < -0.39 is 0 Å². The van der Waals surface area contributed by atoms with Crippen molar-refractivity contribution in [2.45, 2.75) is 13.8 Å². The quantitative estimate of drug-likeness (QED) is 0.622. The molecule has 0 fully saturated rings. The van der Waals surface area contributed by atoms with Crippen molar-refractivity contribution < 1.29 is 9.59 Å². The third-order valence-corrected chi connectivity index (χ3v) is 1.98. The van der Waals surface area contributed by atoms with Gasteiger partial charge in [-0.05, 0) is 37.1 Å². The Hall–Kier alpha value is -1.70. The van der Waals surface area contributed by atoms with Crippen molar-refractivity contribution >= 4 is 11.6 Å². The molecule has 14 heavy (non-hydrogen) atoms. The van der Waals surface area contributed by atoms with Gasteiger partial charge in [-0.1, -0.05) is 13.2 Å². The van der Waals surface area contributed by atoms with Gasteiger partial charge in [-0.3, -0.25) is 9.59 Å². The van der Waals surface area contributed by atoms with Crippen LogP contribution < -0.4 is 0 Å². The molecule has 0 saturated heterocycles. The van der Waals surface area contributed by atoms with Gasteiger partial charge in [0.05, 0.1) is 0 Å². The fourth-order valence-corrected chi connectivity index (χ4v) is 1.24. The molecule has 0 bridgehead atoms. The molecule has 0 heterocycles. The maximum absolute atomic E-state index is 11.7. The summed E-state index contributed by atoms with van der Waals surface area (Å²) in [7, 11) is 0. The van der Waals surface area contributed by atoms with Gasteiger partial charge < -0.3 is 0 Å². The van der Waals surface area contributed by atoms with Crippen LogP contribution in [0.15, 0.2) is 47.6 Å². The van der Waals surface area contributed by atoms with Crippen LogP contribution in [0.4, 0.5) is 0 Å². The van der Waals surface area contributed by atoms with Crippen LogP contribution in [0.25, 0.3) is 0 Å². The molecule has 0 aromatic heterocycles. The van der Waals surface area contributed by atoms with E-state index in [-0.39, 0.29) is 11.6 Å². The first-order valence-corrected chi connectivity index (χ1v) is 4.27. The molecule has 1 aliphatic rings. The summed E-state index contributed by atoms with van der Waals surface area (Å²) >= 11 is 0. The number of ketones is 2. The average molecular weight is 188 g/mol. The average Bonchev–Trinajstić information content (AvgIpc) is 2.07. The number of carbonyl (C=O) groups is 2. The molecule has 0 radical (unpaired) electrons. The van der Waals surface area contributed by atoms with Crippen LogP contribution in [0.1, 0.15) is 13.8 Å². The van der Waals surface area contributed by atoms with Gasteiger partial charge in [0.15, 0.2) is 11.6 Å². The predicted molar refractivity (Wildman–Crippen MR) is 55.8 cm³/mol. The van der Waals surface area contributed by atoms with Crippen LogP contribution in [-0.2, 0) is 9.59 Å². The van der Waals surface area contributed by atoms with Crippen molar-refractivity contribution in [3.05, 3.63) is 47.6 Å². The monoisotopic (exact) mass is 188 g/mol. The number of hydrogen-bond donors (Lipinski definition) is 0. The van der Waals surface area contributed by atoms with Gasteiger partial charge in [0.1, 0.15) is 0 Å². The highest BCUT2D eigenvalue weighted by molar-refractivity contribution is 6.23. The van der Waals surface area contributed by atoms with Crippen molar-refractivity contribution in [1.82, 2.24) is 0 Å². The summed E-state index contributed by atoms with van der Waals surface area (Å²) in [6.45, 7) is 10.7. The summed E-state index contributed by atoms with van der Waals surface area (Å²) in [5, 5.41) is 0. The molecule has 0 amide bonds. The second kappa shape index (κ2) is 3.58. The Labute approximate surface area is 83.3 Å². The van der Waals surface area contributed by atoms with Gasteiger partial charge in [-0.25, -0.2) is 0 Å². The Balaban J connectivity index is 3.20. The van der Waals surface area contributed by atoms with Crippen LogP contribution in [0.5, 0.6) is 0 Å². The van der Waals surface area contributed by atoms with Crippen LogP contribution >= 0.6 is 0 Å². The molecular formula is C12H12O2. The van der Waals surface area contributed by atoms with Gasteiger partial charge in [0.2, 0.25) is 0 Å². The largest absolute Gasteiger partial charge is 0.290 e. The molecule has 1 rings (SSSR count). The molecule has 0 aromatic rings. The third kappa shape index (κ3) is 1.79. The Kier molecular flexibility index (Phi) is 2.65. The lowest BCUT2D eigenvalue weighted by molar-refractivity contribution is -0.114. The molecule has 2 heteroatoms. The van der Waals surface area contributed by atoms with E-state index in [2.05, 4.69) is 13.2 Å². The summed E-state index contributed by atoms with van der Waals surface area (Å²) in [6.07, 6.45) is 2.63. The number of allylic oxidation sites excluding steroid dienone is 6. The maximum atomic E-state index is 11.7. The number of rotatable bonds is 2. The first-order chi connectivity index (χ1) is 6.43. The van der Waals surface area contributed by atoms with E-state index in [1.165, 1.54) is 12.2 Å². The van der Waals surface area contributed by atoms with Gasteiger partial charge >= 0.3 is 0 Å². The standard InChI is InChI=1S/C12H12O2/c1-7(2)10-5-9(13)6-11(8(3)4)12(10)14/h5-6H,1,3H2,2,4H3. The topological polar surface area (TPSA) is 34.1 Å². The molecule has 0 atom stereocenters. The van der Waals surface area contributed by atoms with E-state index in [1.54, 1.807) is 13.8 Å². The molecule has 0 aliphatic heterocycles. The minimum atomic E-state index is -0.180. The lowest BCUT2D eigenvalue weighted by Crippen LogP contribution is -2.15. The molecule has 0 saturated carbocycles. The summed E-state index contributed by atoms with van der Waals surface area (Å²) in [5.74, 6) is -0.342. The van der Waals surface area contributed by atoms with Gasteiger partial charge in [-0.15, -0.1) is 0 Å². The number of Topliss-reactive ketones (excluding diaryl/α,β-unsaturated/α-hetero) is 1. The summed E-state index contributed by atoms with van der Waals surface area (Å²) in [6, 6.07) is 0. The first kappa shape index (κ1) is 10.4. The second-order valence-corrected chi connectivity index (χ2v) is 3.41. The van der Waals surface area contributed by atoms with Gasteiger partial charge in [0.25, 0.3) is 0 Å². The SMILES string of the molecule is C=C(C)C1=CC(=O)C=C(C(=C)C)C1=O. The zero-order valence-electron chi connectivity index (χ0n) is 8.39. The third-order valence-electron chi connectivity index (χ3n) is 1.98. The van der Waals surface area contributed by atoms with Crippen molar-refractivity contribution in [2.75, 3.05) is 0 Å². The maximum Gasteiger partial charge on any atom is 0.193 e. The smallest absolute Gasteiger partial charge is 0.193 e. The molecule has 0 N–H and O–H groups in total. The highest BCUT2D eigenvalue weighted by atomic mass is 16.1. The highest BCUT2D eigenvalue weighted by Crippen LogP contribution is 2.22. The molecule has 1 aliphatic carbocycles. The molecule has 0 aromatic carbocycles. The van der Waals surface area contributed by atoms with E-state index in [4.69, 9.17) is 0 Å². The lowest BCUT2D eigenvalue weighted by atomic mass is 9.89. The first-order valence-electron chi connectivity index (χ1n) is 4.27. The fourth-order valence-electron chi connectivity index (χ4n) is 1.24. The Bertz CT molecular complexity index is 370. The van der Waals surface area contributed by atoms with Crippen LogP contribution in [0, 0.1) is 0 Å². The molecular weight excluding hydrogens is 176 g/mol. The van der Waals surface area contributed by atoms with Crippen molar-refractivity contribution in [3.63, 3.8) is 0 Å². The van der Waals surface area contributed by atoms with Crippen molar-refractivity contribution in [3.8, 4) is 0 Å². The van der Waals surface area contributed by atoms with E-state index in [1.807, 2.05) is 0 Å². The van der Waals surface area contributed by atoms with E-state index in [9.17, 15) is 9.59 Å². The van der Waals surface area contributed by atoms with Gasteiger partial charge in [0, 0.05) is 11.1 Å². The van der Waals surface area contributed by atoms with Crippen LogP contribution in [0.2, 0.25) is 0 Å². The zero-order valence-corrected chi connectivity index (χ0v) is 8.39. The predicted octanol–water partition coefficient (Wildman–Crippen LogP) is 2.14. The minimum Gasteiger partial charge on any atom is -0.290 e. The molecule has 72 valence electrons. The molecule has 0 unspecified atom stereocenters. The van der Waals surface area contributed by atoms with E-state index in [0.29, 0.717) is 22.3 Å². The lowest BCUT2D eigenvalue weighted by Gasteiger charge is -2.12. The number of carbonyl (C=O) groups excluding carboxylic acids is 2. The summed E-state index contributed by atoms with van der Waals surface area (Å²) in [5.41, 5.74) is 1.98. The van der Waals surface area contributed by atoms with Crippen molar-refractivity contribution in [2.24, 2.45) is 0 Å². The fraction of sp³-hybridized carbons (Fsp3) is 0.167. The zero-order chi connectivity index (χ0) is 10.9. The molecule has 2 nitrogen and oxygen atoms in total. The van der Waals surface area contributed by atoms with Crippen LogP contribution in [-0.4, -0.2) is 11.6 Å². The number of hydrogen-bond acceptors (Lipinski definition) is 2. The second-order valence-electron chi connectivity index (χ2n) is 3.41. The normalized spacial score (nSPS) is 16.1. The van der Waals surface area contributed by atoms with Gasteiger partial charge in [-0.2, -0.15) is 0 Å². The Morgan fingerprint density at radius 3 is 1.64 bits per heavy atom. The van der Waals surface area contributed by atoms with Crippen molar-refractivity contribution in [1.29, 1.82) is 0 Å². The Morgan fingerprint density at radius 2 is 1.36 bits per heavy atom. The Morgan fingerprint density at radius 1 is 1.00 bits per heavy atom. The summed E-state index contributed by atoms with van der Waals surface area (Å²) < 4.78 is 0. The van der Waals surface area contributed by atoms with E-state index in [0.717, 1.165) is 0 Å². The highest BCUT2D eigenvalue weighted by Gasteiger charge is 2.21. The van der Waals surface area contributed by atoms with Crippen LogP contribution in [0.3, 0.4) is 0 Å².